The predicted molar refractivity (Wildman–Crippen MR) is 158 cm³/mol. The summed E-state index contributed by atoms with van der Waals surface area (Å²) in [6.45, 7) is 15.5. The Labute approximate surface area is 226 Å². The van der Waals surface area contributed by atoms with Crippen LogP contribution in [0.4, 0.5) is 5.69 Å². The zero-order chi connectivity index (χ0) is 26.3. The molecule has 3 aromatic rings. The number of halogens is 1. The van der Waals surface area contributed by atoms with Crippen molar-refractivity contribution in [2.24, 2.45) is 0 Å². The Bertz CT molecular complexity index is 1160. The van der Waals surface area contributed by atoms with Crippen molar-refractivity contribution in [3.05, 3.63) is 77.4 Å². The van der Waals surface area contributed by atoms with Crippen LogP contribution in [0.25, 0.3) is 22.3 Å². The highest BCUT2D eigenvalue weighted by Crippen LogP contribution is 2.38. The molecule has 0 radical (unpaired) electrons. The average Bonchev–Trinajstić information content (AvgIpc) is 2.88. The number of nitrogens with zero attached hydrogens (tertiary/aromatic N) is 1. The standard InChI is InChI=1S/C32H40BrNO2/c1-7-34(8-2)30-19-18-27(22-29(30)32(4,5)6)28-21-26(17-14-24(28)11-10-20-33)23-12-15-25(16-13-23)31(35)36-9-3/h12-19,21-22H,7-11,20H2,1-6H3. The van der Waals surface area contributed by atoms with E-state index in [2.05, 4.69) is 91.8 Å². The average molecular weight is 551 g/mol. The summed E-state index contributed by atoms with van der Waals surface area (Å²) >= 11 is 3.60. The third kappa shape index (κ3) is 6.59. The van der Waals surface area contributed by atoms with Gasteiger partial charge in [0.15, 0.2) is 0 Å². The van der Waals surface area contributed by atoms with Gasteiger partial charge in [0.1, 0.15) is 0 Å². The molecule has 0 N–H and O–H groups in total. The molecule has 0 aromatic heterocycles. The van der Waals surface area contributed by atoms with E-state index in [9.17, 15) is 4.79 Å². The van der Waals surface area contributed by atoms with Gasteiger partial charge in [0.05, 0.1) is 12.2 Å². The lowest BCUT2D eigenvalue weighted by atomic mass is 9.82. The number of alkyl halides is 1. The summed E-state index contributed by atoms with van der Waals surface area (Å²) in [6.07, 6.45) is 2.11. The van der Waals surface area contributed by atoms with Crippen molar-refractivity contribution in [1.29, 1.82) is 0 Å². The van der Waals surface area contributed by atoms with Gasteiger partial charge in [-0.3, -0.25) is 0 Å². The van der Waals surface area contributed by atoms with E-state index in [-0.39, 0.29) is 11.4 Å². The van der Waals surface area contributed by atoms with Gasteiger partial charge in [0, 0.05) is 24.1 Å². The Balaban J connectivity index is 2.11. The summed E-state index contributed by atoms with van der Waals surface area (Å²) < 4.78 is 5.14. The van der Waals surface area contributed by atoms with Gasteiger partial charge in [-0.2, -0.15) is 0 Å². The zero-order valence-corrected chi connectivity index (χ0v) is 24.2. The van der Waals surface area contributed by atoms with Gasteiger partial charge in [0.25, 0.3) is 0 Å². The van der Waals surface area contributed by atoms with Crippen LogP contribution in [0.3, 0.4) is 0 Å². The minimum Gasteiger partial charge on any atom is -0.462 e. The van der Waals surface area contributed by atoms with E-state index in [1.165, 1.54) is 27.9 Å². The maximum atomic E-state index is 12.1. The molecule has 0 atom stereocenters. The SMILES string of the molecule is CCOC(=O)c1ccc(-c2ccc(CCCBr)c(-c3ccc(N(CC)CC)c(C(C)(C)C)c3)c2)cc1. The Kier molecular flexibility index (Phi) is 9.78. The number of carbonyl (C=O) groups is 1. The van der Waals surface area contributed by atoms with Crippen molar-refractivity contribution < 1.29 is 9.53 Å². The van der Waals surface area contributed by atoms with Crippen LogP contribution in [0.1, 0.15) is 69.4 Å². The number of aryl methyl sites for hydroxylation is 1. The number of hydrogen-bond donors (Lipinski definition) is 0. The lowest BCUT2D eigenvalue weighted by Gasteiger charge is -2.31. The Morgan fingerprint density at radius 1 is 0.861 bits per heavy atom. The van der Waals surface area contributed by atoms with Crippen LogP contribution in [0.2, 0.25) is 0 Å². The number of rotatable bonds is 10. The summed E-state index contributed by atoms with van der Waals surface area (Å²) in [5.74, 6) is -0.280. The molecule has 4 heteroatoms. The van der Waals surface area contributed by atoms with Crippen molar-refractivity contribution in [3.8, 4) is 22.3 Å². The molecule has 0 unspecified atom stereocenters. The topological polar surface area (TPSA) is 29.5 Å². The minimum atomic E-state index is -0.280. The van der Waals surface area contributed by atoms with E-state index in [1.807, 2.05) is 31.2 Å². The molecule has 3 nitrogen and oxygen atoms in total. The molecule has 192 valence electrons. The second-order valence-electron chi connectivity index (χ2n) is 10.1. The van der Waals surface area contributed by atoms with Crippen LogP contribution >= 0.6 is 15.9 Å². The largest absolute Gasteiger partial charge is 0.462 e. The molecular weight excluding hydrogens is 510 g/mol. The van der Waals surface area contributed by atoms with Gasteiger partial charge in [-0.1, -0.05) is 67.0 Å². The zero-order valence-electron chi connectivity index (χ0n) is 22.7. The van der Waals surface area contributed by atoms with Gasteiger partial charge >= 0.3 is 5.97 Å². The molecule has 0 aliphatic carbocycles. The van der Waals surface area contributed by atoms with E-state index < -0.39 is 0 Å². The lowest BCUT2D eigenvalue weighted by molar-refractivity contribution is 0.0526. The number of anilines is 1. The number of benzene rings is 3. The first-order valence-electron chi connectivity index (χ1n) is 13.1. The molecule has 0 aliphatic rings. The molecule has 0 bridgehead atoms. The fourth-order valence-electron chi connectivity index (χ4n) is 4.66. The molecular formula is C32H40BrNO2. The first-order chi connectivity index (χ1) is 17.2. The van der Waals surface area contributed by atoms with Gasteiger partial charge in [-0.15, -0.1) is 0 Å². The highest BCUT2D eigenvalue weighted by Gasteiger charge is 2.22. The summed E-state index contributed by atoms with van der Waals surface area (Å²) in [7, 11) is 0. The summed E-state index contributed by atoms with van der Waals surface area (Å²) in [5, 5.41) is 0.984. The van der Waals surface area contributed by atoms with Crippen molar-refractivity contribution in [3.63, 3.8) is 0 Å². The molecule has 0 amide bonds. The van der Waals surface area contributed by atoms with Gasteiger partial charge < -0.3 is 9.64 Å². The number of hydrogen-bond acceptors (Lipinski definition) is 3. The summed E-state index contributed by atoms with van der Waals surface area (Å²) in [4.78, 5) is 14.5. The van der Waals surface area contributed by atoms with Crippen molar-refractivity contribution in [2.75, 3.05) is 29.9 Å². The molecule has 36 heavy (non-hydrogen) atoms. The summed E-state index contributed by atoms with van der Waals surface area (Å²) in [6, 6.07) is 21.5. The highest BCUT2D eigenvalue weighted by atomic mass is 79.9. The minimum absolute atomic E-state index is 0.0322. The van der Waals surface area contributed by atoms with Crippen molar-refractivity contribution in [2.45, 2.75) is 59.8 Å². The van der Waals surface area contributed by atoms with Gasteiger partial charge in [-0.05, 0) is 103 Å². The first-order valence-corrected chi connectivity index (χ1v) is 14.2. The smallest absolute Gasteiger partial charge is 0.338 e. The van der Waals surface area contributed by atoms with Gasteiger partial charge in [0.2, 0.25) is 0 Å². The Morgan fingerprint density at radius 3 is 2.08 bits per heavy atom. The molecule has 0 saturated carbocycles. The van der Waals surface area contributed by atoms with Crippen LogP contribution < -0.4 is 4.90 Å². The fraction of sp³-hybridized carbons (Fsp3) is 0.406. The summed E-state index contributed by atoms with van der Waals surface area (Å²) in [5.41, 5.74) is 9.44. The maximum Gasteiger partial charge on any atom is 0.338 e. The molecule has 3 rings (SSSR count). The quantitative estimate of drug-likeness (QED) is 0.187. The van der Waals surface area contributed by atoms with Gasteiger partial charge in [-0.25, -0.2) is 4.79 Å². The number of esters is 1. The second-order valence-corrected chi connectivity index (χ2v) is 10.9. The third-order valence-corrected chi connectivity index (χ3v) is 7.20. The third-order valence-electron chi connectivity index (χ3n) is 6.64. The normalized spacial score (nSPS) is 11.4. The maximum absolute atomic E-state index is 12.1. The highest BCUT2D eigenvalue weighted by molar-refractivity contribution is 9.09. The molecule has 3 aromatic carbocycles. The predicted octanol–water partition coefficient (Wildman–Crippen LogP) is 8.67. The van der Waals surface area contributed by atoms with E-state index in [4.69, 9.17) is 4.74 Å². The number of ether oxygens (including phenoxy) is 1. The molecule has 0 fully saturated rings. The first kappa shape index (κ1) is 28.0. The Morgan fingerprint density at radius 2 is 1.50 bits per heavy atom. The Hall–Kier alpha value is -2.59. The molecule has 0 heterocycles. The van der Waals surface area contributed by atoms with E-state index >= 15 is 0 Å². The van der Waals surface area contributed by atoms with Crippen LogP contribution in [-0.4, -0.2) is 31.0 Å². The van der Waals surface area contributed by atoms with Crippen LogP contribution in [0, 0.1) is 0 Å². The van der Waals surface area contributed by atoms with E-state index in [0.29, 0.717) is 12.2 Å². The molecule has 0 spiro atoms. The molecule has 0 aliphatic heterocycles. The van der Waals surface area contributed by atoms with E-state index in [0.717, 1.165) is 42.4 Å². The van der Waals surface area contributed by atoms with Crippen LogP contribution in [-0.2, 0) is 16.6 Å². The van der Waals surface area contributed by atoms with Crippen molar-refractivity contribution in [1.82, 2.24) is 0 Å². The number of carbonyl (C=O) groups excluding carboxylic acids is 1. The van der Waals surface area contributed by atoms with E-state index in [1.54, 1.807) is 0 Å². The van der Waals surface area contributed by atoms with Crippen molar-refractivity contribution >= 4 is 27.6 Å². The lowest BCUT2D eigenvalue weighted by Crippen LogP contribution is -2.26. The monoisotopic (exact) mass is 549 g/mol. The molecule has 0 saturated heterocycles. The fourth-order valence-corrected chi connectivity index (χ4v) is 4.94. The van der Waals surface area contributed by atoms with Crippen LogP contribution in [0.5, 0.6) is 0 Å². The van der Waals surface area contributed by atoms with Crippen LogP contribution in [0.15, 0.2) is 60.7 Å². The second kappa shape index (κ2) is 12.6.